The lowest BCUT2D eigenvalue weighted by Crippen LogP contribution is -2.05. The fourth-order valence-corrected chi connectivity index (χ4v) is 1.75. The van der Waals surface area contributed by atoms with E-state index in [0.29, 0.717) is 0 Å². The second-order valence-electron chi connectivity index (χ2n) is 3.93. The zero-order valence-electron chi connectivity index (χ0n) is 9.19. The van der Waals surface area contributed by atoms with E-state index in [1.807, 2.05) is 36.4 Å². The molecule has 0 heterocycles. The number of nitrogens with one attached hydrogen (secondary N) is 1. The van der Waals surface area contributed by atoms with E-state index in [-0.39, 0.29) is 0 Å². The van der Waals surface area contributed by atoms with Crippen molar-refractivity contribution in [3.8, 4) is 0 Å². The molecule has 0 spiro atoms. The minimum absolute atomic E-state index is 0.746. The van der Waals surface area contributed by atoms with Crippen molar-refractivity contribution < 1.29 is 0 Å². The van der Waals surface area contributed by atoms with Crippen molar-refractivity contribution in [3.05, 3.63) is 71.8 Å². The molecule has 0 amide bonds. The predicted octanol–water partition coefficient (Wildman–Crippen LogP) is 3.49. The normalized spacial score (nSPS) is 10.0. The lowest BCUT2D eigenvalue weighted by atomic mass is 10.0. The number of hydrogen-bond donors (Lipinski definition) is 1. The molecule has 0 fully saturated rings. The topological polar surface area (TPSA) is 23.9 Å². The monoisotopic (exact) mass is 209 g/mol. The van der Waals surface area contributed by atoms with Gasteiger partial charge in [0, 0.05) is 18.6 Å². The molecule has 16 heavy (non-hydrogen) atoms. The van der Waals surface area contributed by atoms with E-state index in [2.05, 4.69) is 24.3 Å². The van der Waals surface area contributed by atoms with Crippen molar-refractivity contribution >= 4 is 5.71 Å². The molecule has 0 saturated heterocycles. The van der Waals surface area contributed by atoms with E-state index in [0.717, 1.165) is 18.6 Å². The maximum absolute atomic E-state index is 7.96. The van der Waals surface area contributed by atoms with Crippen LogP contribution in [0.4, 0.5) is 0 Å². The van der Waals surface area contributed by atoms with Crippen molar-refractivity contribution in [1.82, 2.24) is 0 Å². The summed E-state index contributed by atoms with van der Waals surface area (Å²) in [6, 6.07) is 20.4. The Bertz CT molecular complexity index is 402. The fraction of sp³-hybridized carbons (Fsp3) is 0.133. The van der Waals surface area contributed by atoms with Crippen LogP contribution < -0.4 is 0 Å². The molecule has 2 aromatic rings. The highest BCUT2D eigenvalue weighted by molar-refractivity contribution is 5.85. The van der Waals surface area contributed by atoms with Crippen LogP contribution in [0.15, 0.2) is 60.7 Å². The van der Waals surface area contributed by atoms with E-state index in [1.165, 1.54) is 11.1 Å². The van der Waals surface area contributed by atoms with Crippen LogP contribution in [-0.4, -0.2) is 5.71 Å². The Kier molecular flexibility index (Phi) is 3.50. The first kappa shape index (κ1) is 10.6. The van der Waals surface area contributed by atoms with E-state index in [4.69, 9.17) is 5.41 Å². The van der Waals surface area contributed by atoms with Crippen LogP contribution in [0.25, 0.3) is 0 Å². The average molecular weight is 209 g/mol. The highest BCUT2D eigenvalue weighted by Crippen LogP contribution is 2.05. The van der Waals surface area contributed by atoms with Crippen molar-refractivity contribution in [2.24, 2.45) is 0 Å². The van der Waals surface area contributed by atoms with Crippen LogP contribution in [0.1, 0.15) is 11.1 Å². The molecule has 0 aromatic heterocycles. The lowest BCUT2D eigenvalue weighted by Gasteiger charge is -2.04. The Morgan fingerprint density at radius 2 is 1.06 bits per heavy atom. The van der Waals surface area contributed by atoms with Gasteiger partial charge >= 0.3 is 0 Å². The highest BCUT2D eigenvalue weighted by Gasteiger charge is 2.00. The van der Waals surface area contributed by atoms with E-state index >= 15 is 0 Å². The third kappa shape index (κ3) is 3.06. The van der Waals surface area contributed by atoms with Gasteiger partial charge in [-0.05, 0) is 11.1 Å². The smallest absolute Gasteiger partial charge is 0.0177 e. The van der Waals surface area contributed by atoms with Crippen molar-refractivity contribution in [1.29, 1.82) is 5.41 Å². The maximum atomic E-state index is 7.96. The molecular formula is C15H15N. The maximum Gasteiger partial charge on any atom is 0.0177 e. The van der Waals surface area contributed by atoms with Gasteiger partial charge in [0.05, 0.1) is 0 Å². The Balaban J connectivity index is 1.95. The molecule has 0 aliphatic carbocycles. The summed E-state index contributed by atoms with van der Waals surface area (Å²) in [6.45, 7) is 0. The molecule has 1 heteroatoms. The van der Waals surface area contributed by atoms with Crippen LogP contribution >= 0.6 is 0 Å². The molecule has 2 aromatic carbocycles. The highest BCUT2D eigenvalue weighted by atomic mass is 14.4. The van der Waals surface area contributed by atoms with Crippen LogP contribution in [0, 0.1) is 5.41 Å². The lowest BCUT2D eigenvalue weighted by molar-refractivity contribution is 1.18. The first-order chi connectivity index (χ1) is 7.84. The van der Waals surface area contributed by atoms with E-state index < -0.39 is 0 Å². The molecular weight excluding hydrogens is 194 g/mol. The second kappa shape index (κ2) is 5.26. The van der Waals surface area contributed by atoms with Crippen molar-refractivity contribution in [2.75, 3.05) is 0 Å². The van der Waals surface area contributed by atoms with Gasteiger partial charge in [-0.3, -0.25) is 0 Å². The van der Waals surface area contributed by atoms with Gasteiger partial charge in [-0.2, -0.15) is 0 Å². The number of rotatable bonds is 4. The van der Waals surface area contributed by atoms with Gasteiger partial charge in [-0.25, -0.2) is 0 Å². The summed E-state index contributed by atoms with van der Waals surface area (Å²) in [4.78, 5) is 0. The molecule has 1 N–H and O–H groups in total. The summed E-state index contributed by atoms with van der Waals surface area (Å²) in [5, 5.41) is 7.96. The van der Waals surface area contributed by atoms with Gasteiger partial charge in [0.25, 0.3) is 0 Å². The van der Waals surface area contributed by atoms with E-state index in [9.17, 15) is 0 Å². The summed E-state index contributed by atoms with van der Waals surface area (Å²) < 4.78 is 0. The van der Waals surface area contributed by atoms with Gasteiger partial charge in [0.1, 0.15) is 0 Å². The molecule has 2 rings (SSSR count). The van der Waals surface area contributed by atoms with Gasteiger partial charge in [0.2, 0.25) is 0 Å². The number of hydrogen-bond acceptors (Lipinski definition) is 1. The zero-order chi connectivity index (χ0) is 11.2. The minimum Gasteiger partial charge on any atom is -0.309 e. The summed E-state index contributed by atoms with van der Waals surface area (Å²) in [5.41, 5.74) is 3.18. The van der Waals surface area contributed by atoms with Crippen LogP contribution in [0.2, 0.25) is 0 Å². The van der Waals surface area contributed by atoms with Gasteiger partial charge in [-0.15, -0.1) is 0 Å². The van der Waals surface area contributed by atoms with Crippen molar-refractivity contribution in [3.63, 3.8) is 0 Å². The standard InChI is InChI=1S/C15H15N/c16-15(11-13-7-3-1-4-8-13)12-14-9-5-2-6-10-14/h1-10,16H,11-12H2. The Morgan fingerprint density at radius 3 is 1.44 bits per heavy atom. The third-order valence-electron chi connectivity index (χ3n) is 2.52. The zero-order valence-corrected chi connectivity index (χ0v) is 9.19. The summed E-state index contributed by atoms with van der Waals surface area (Å²) in [6.07, 6.45) is 1.49. The summed E-state index contributed by atoms with van der Waals surface area (Å²) in [5.74, 6) is 0. The molecule has 0 aliphatic rings. The fourth-order valence-electron chi connectivity index (χ4n) is 1.75. The summed E-state index contributed by atoms with van der Waals surface area (Å²) >= 11 is 0. The van der Waals surface area contributed by atoms with E-state index in [1.54, 1.807) is 0 Å². The Hall–Kier alpha value is -1.89. The minimum atomic E-state index is 0.746. The molecule has 0 unspecified atom stereocenters. The quantitative estimate of drug-likeness (QED) is 0.745. The van der Waals surface area contributed by atoms with Crippen LogP contribution in [-0.2, 0) is 12.8 Å². The molecule has 0 aliphatic heterocycles. The molecule has 0 atom stereocenters. The van der Waals surface area contributed by atoms with Gasteiger partial charge in [-0.1, -0.05) is 60.7 Å². The van der Waals surface area contributed by atoms with Crippen LogP contribution in [0.3, 0.4) is 0 Å². The Labute approximate surface area is 96.3 Å². The first-order valence-corrected chi connectivity index (χ1v) is 5.49. The predicted molar refractivity (Wildman–Crippen MR) is 68.0 cm³/mol. The number of benzene rings is 2. The molecule has 1 nitrogen and oxygen atoms in total. The second-order valence-corrected chi connectivity index (χ2v) is 3.93. The van der Waals surface area contributed by atoms with Gasteiger partial charge in [0.15, 0.2) is 0 Å². The third-order valence-corrected chi connectivity index (χ3v) is 2.52. The molecule has 0 bridgehead atoms. The summed E-state index contributed by atoms with van der Waals surface area (Å²) in [7, 11) is 0. The average Bonchev–Trinajstić information content (AvgIpc) is 2.31. The van der Waals surface area contributed by atoms with Crippen molar-refractivity contribution in [2.45, 2.75) is 12.8 Å². The SMILES string of the molecule is N=C(Cc1ccccc1)Cc1ccccc1. The van der Waals surface area contributed by atoms with Crippen LogP contribution in [0.5, 0.6) is 0 Å². The molecule has 80 valence electrons. The first-order valence-electron chi connectivity index (χ1n) is 5.49. The van der Waals surface area contributed by atoms with Gasteiger partial charge < -0.3 is 5.41 Å². The Morgan fingerprint density at radius 1 is 0.688 bits per heavy atom. The molecule has 0 radical (unpaired) electrons. The molecule has 0 saturated carbocycles. The largest absolute Gasteiger partial charge is 0.309 e.